The van der Waals surface area contributed by atoms with E-state index in [2.05, 4.69) is 21.7 Å². The fraction of sp³-hybridized carbons (Fsp3) is 0.389. The van der Waals surface area contributed by atoms with E-state index in [1.54, 1.807) is 40.5 Å². The zero-order valence-electron chi connectivity index (χ0n) is 13.0. The van der Waals surface area contributed by atoms with Gasteiger partial charge in [-0.05, 0) is 34.4 Å². The molecule has 1 aromatic heterocycles. The van der Waals surface area contributed by atoms with Crippen LogP contribution in [-0.4, -0.2) is 41.9 Å². The number of halogens is 1. The van der Waals surface area contributed by atoms with Crippen LogP contribution < -0.4 is 0 Å². The first-order valence-electron chi connectivity index (χ1n) is 7.95. The van der Waals surface area contributed by atoms with Crippen LogP contribution in [0.3, 0.4) is 0 Å². The van der Waals surface area contributed by atoms with E-state index < -0.39 is 12.1 Å². The molecule has 3 nitrogen and oxygen atoms in total. The summed E-state index contributed by atoms with van der Waals surface area (Å²) >= 11 is 1.70. The number of benzene rings is 1. The van der Waals surface area contributed by atoms with Crippen LogP contribution in [0.15, 0.2) is 47.2 Å². The minimum atomic E-state index is -1.56. The third kappa shape index (κ3) is 4.18. The molecule has 2 heterocycles. The van der Waals surface area contributed by atoms with Crippen LogP contribution in [0.2, 0.25) is 0 Å². The molecule has 1 fully saturated rings. The van der Waals surface area contributed by atoms with Gasteiger partial charge in [0.2, 0.25) is 6.17 Å². The maximum absolute atomic E-state index is 14.4. The lowest BCUT2D eigenvalue weighted by atomic mass is 10.1. The third-order valence-electron chi connectivity index (χ3n) is 4.20. The van der Waals surface area contributed by atoms with Crippen molar-refractivity contribution in [1.29, 1.82) is 0 Å². The summed E-state index contributed by atoms with van der Waals surface area (Å²) in [5, 5.41) is 4.23. The van der Waals surface area contributed by atoms with Gasteiger partial charge in [-0.15, -0.1) is 0 Å². The molecule has 1 aromatic carbocycles. The van der Waals surface area contributed by atoms with Crippen molar-refractivity contribution in [2.24, 2.45) is 0 Å². The highest BCUT2D eigenvalue weighted by Crippen LogP contribution is 2.21. The lowest BCUT2D eigenvalue weighted by molar-refractivity contribution is -0.136. The van der Waals surface area contributed by atoms with E-state index in [4.69, 9.17) is 0 Å². The van der Waals surface area contributed by atoms with Crippen molar-refractivity contribution in [2.45, 2.75) is 19.1 Å². The van der Waals surface area contributed by atoms with E-state index >= 15 is 0 Å². The first kappa shape index (κ1) is 16.1. The largest absolute Gasteiger partial charge is 0.339 e. The van der Waals surface area contributed by atoms with Gasteiger partial charge in [-0.25, -0.2) is 4.39 Å². The van der Waals surface area contributed by atoms with E-state index in [0.717, 1.165) is 26.1 Å². The molecule has 122 valence electrons. The van der Waals surface area contributed by atoms with Gasteiger partial charge in [0.1, 0.15) is 0 Å². The van der Waals surface area contributed by atoms with Gasteiger partial charge in [0.05, 0.1) is 0 Å². The van der Waals surface area contributed by atoms with Gasteiger partial charge in [0, 0.05) is 32.7 Å². The highest BCUT2D eigenvalue weighted by Gasteiger charge is 2.27. The third-order valence-corrected chi connectivity index (χ3v) is 4.93. The molecule has 1 saturated heterocycles. The molecule has 0 bridgehead atoms. The molecule has 0 saturated carbocycles. The Bertz CT molecular complexity index is 617. The fourth-order valence-corrected chi connectivity index (χ4v) is 3.57. The molecule has 1 atom stereocenters. The van der Waals surface area contributed by atoms with Crippen LogP contribution in [0.1, 0.15) is 23.7 Å². The second kappa shape index (κ2) is 7.70. The van der Waals surface area contributed by atoms with Crippen LogP contribution >= 0.6 is 11.3 Å². The first-order valence-corrected chi connectivity index (χ1v) is 8.89. The van der Waals surface area contributed by atoms with Crippen molar-refractivity contribution in [3.63, 3.8) is 0 Å². The standard InChI is InChI=1S/C18H21FN2OS/c19-17(16-5-2-1-3-6-16)18(22)21-9-4-8-20(10-11-21)13-15-7-12-23-14-15/h1-3,5-7,12,14,17H,4,8-11,13H2. The number of rotatable bonds is 4. The topological polar surface area (TPSA) is 23.6 Å². The van der Waals surface area contributed by atoms with Crippen molar-refractivity contribution < 1.29 is 9.18 Å². The Hall–Kier alpha value is -1.72. The Morgan fingerprint density at radius 2 is 1.96 bits per heavy atom. The Balaban J connectivity index is 1.58. The van der Waals surface area contributed by atoms with Crippen molar-refractivity contribution in [3.05, 3.63) is 58.3 Å². The molecule has 0 spiro atoms. The predicted octanol–water partition coefficient (Wildman–Crippen LogP) is 3.49. The van der Waals surface area contributed by atoms with Crippen LogP contribution in [0.4, 0.5) is 4.39 Å². The van der Waals surface area contributed by atoms with Crippen LogP contribution in [0, 0.1) is 0 Å². The summed E-state index contributed by atoms with van der Waals surface area (Å²) < 4.78 is 14.4. The summed E-state index contributed by atoms with van der Waals surface area (Å²) in [7, 11) is 0. The maximum Gasteiger partial charge on any atom is 0.261 e. The number of thiophene rings is 1. The maximum atomic E-state index is 14.4. The second-order valence-electron chi connectivity index (χ2n) is 5.86. The Morgan fingerprint density at radius 1 is 1.13 bits per heavy atom. The summed E-state index contributed by atoms with van der Waals surface area (Å²) in [4.78, 5) is 16.4. The average Bonchev–Trinajstić information content (AvgIpc) is 2.99. The molecule has 3 rings (SSSR count). The smallest absolute Gasteiger partial charge is 0.261 e. The second-order valence-corrected chi connectivity index (χ2v) is 6.64. The number of carbonyl (C=O) groups excluding carboxylic acids is 1. The molecule has 5 heteroatoms. The van der Waals surface area contributed by atoms with Gasteiger partial charge >= 0.3 is 0 Å². The molecule has 2 aromatic rings. The summed E-state index contributed by atoms with van der Waals surface area (Å²) in [6.45, 7) is 3.87. The summed E-state index contributed by atoms with van der Waals surface area (Å²) in [5.74, 6) is -0.409. The minimum absolute atomic E-state index is 0.409. The molecule has 23 heavy (non-hydrogen) atoms. The number of nitrogens with zero attached hydrogens (tertiary/aromatic N) is 2. The first-order chi connectivity index (χ1) is 11.2. The number of hydrogen-bond donors (Lipinski definition) is 0. The Labute approximate surface area is 140 Å². The molecular weight excluding hydrogens is 311 g/mol. The molecular formula is C18H21FN2OS. The Morgan fingerprint density at radius 3 is 2.70 bits per heavy atom. The van der Waals surface area contributed by atoms with E-state index in [1.807, 2.05) is 6.07 Å². The SMILES string of the molecule is O=C(C(F)c1ccccc1)N1CCCN(Cc2ccsc2)CC1. The van der Waals surface area contributed by atoms with E-state index in [-0.39, 0.29) is 0 Å². The molecule has 1 amide bonds. The van der Waals surface area contributed by atoms with Crippen LogP contribution in [0.25, 0.3) is 0 Å². The quantitative estimate of drug-likeness (QED) is 0.856. The zero-order chi connectivity index (χ0) is 16.1. The van der Waals surface area contributed by atoms with Crippen molar-refractivity contribution in [1.82, 2.24) is 9.80 Å². The van der Waals surface area contributed by atoms with E-state index in [1.165, 1.54) is 5.56 Å². The molecule has 1 aliphatic heterocycles. The monoisotopic (exact) mass is 332 g/mol. The molecule has 1 aliphatic rings. The molecule has 1 unspecified atom stereocenters. The van der Waals surface area contributed by atoms with Gasteiger partial charge in [-0.1, -0.05) is 30.3 Å². The van der Waals surface area contributed by atoms with Crippen LogP contribution in [-0.2, 0) is 11.3 Å². The molecule has 0 N–H and O–H groups in total. The van der Waals surface area contributed by atoms with Crippen molar-refractivity contribution in [2.75, 3.05) is 26.2 Å². The van der Waals surface area contributed by atoms with E-state index in [0.29, 0.717) is 18.7 Å². The van der Waals surface area contributed by atoms with Gasteiger partial charge in [0.15, 0.2) is 0 Å². The highest BCUT2D eigenvalue weighted by atomic mass is 32.1. The fourth-order valence-electron chi connectivity index (χ4n) is 2.92. The average molecular weight is 332 g/mol. The van der Waals surface area contributed by atoms with Gasteiger partial charge in [0.25, 0.3) is 5.91 Å². The van der Waals surface area contributed by atoms with Gasteiger partial charge < -0.3 is 4.90 Å². The molecule has 0 aliphatic carbocycles. The van der Waals surface area contributed by atoms with Gasteiger partial charge in [-0.3, -0.25) is 9.69 Å². The number of hydrogen-bond acceptors (Lipinski definition) is 3. The summed E-state index contributed by atoms with van der Waals surface area (Å²) in [6, 6.07) is 10.8. The number of alkyl halides is 1. The number of carbonyl (C=O) groups is 1. The number of amides is 1. The summed E-state index contributed by atoms with van der Waals surface area (Å²) in [6.07, 6.45) is -0.670. The normalized spacial score (nSPS) is 17.7. The lowest BCUT2D eigenvalue weighted by Gasteiger charge is -2.23. The van der Waals surface area contributed by atoms with Gasteiger partial charge in [-0.2, -0.15) is 11.3 Å². The summed E-state index contributed by atoms with van der Waals surface area (Å²) in [5.41, 5.74) is 1.75. The van der Waals surface area contributed by atoms with Crippen molar-refractivity contribution in [3.8, 4) is 0 Å². The lowest BCUT2D eigenvalue weighted by Crippen LogP contribution is -2.37. The Kier molecular flexibility index (Phi) is 5.41. The molecule has 0 radical (unpaired) electrons. The van der Waals surface area contributed by atoms with Crippen LogP contribution in [0.5, 0.6) is 0 Å². The predicted molar refractivity (Wildman–Crippen MR) is 91.1 cm³/mol. The van der Waals surface area contributed by atoms with Crippen molar-refractivity contribution >= 4 is 17.2 Å². The highest BCUT2D eigenvalue weighted by molar-refractivity contribution is 7.07. The zero-order valence-corrected chi connectivity index (χ0v) is 13.8. The minimum Gasteiger partial charge on any atom is -0.339 e. The van der Waals surface area contributed by atoms with E-state index in [9.17, 15) is 9.18 Å².